The van der Waals surface area contributed by atoms with Gasteiger partial charge in [-0.1, -0.05) is 0 Å². The molecule has 0 saturated carbocycles. The molecule has 2 heterocycles. The van der Waals surface area contributed by atoms with Gasteiger partial charge >= 0.3 is 5.69 Å². The van der Waals surface area contributed by atoms with E-state index >= 15 is 0 Å². The van der Waals surface area contributed by atoms with Crippen molar-refractivity contribution in [3.8, 4) is 0 Å². The number of aromatic nitrogens is 2. The van der Waals surface area contributed by atoms with Crippen LogP contribution in [-0.4, -0.2) is 42.1 Å². The van der Waals surface area contributed by atoms with E-state index in [0.29, 0.717) is 19.5 Å². The van der Waals surface area contributed by atoms with Gasteiger partial charge in [-0.15, -0.1) is 0 Å². The van der Waals surface area contributed by atoms with Gasteiger partial charge in [-0.3, -0.25) is 4.57 Å². The number of nitrogens with zero attached hydrogens (tertiary/aromatic N) is 2. The number of aryl methyl sites for hydroxylation is 1. The van der Waals surface area contributed by atoms with E-state index < -0.39 is 9.84 Å². The minimum Gasteiger partial charge on any atom is -0.311 e. The molecule has 1 aromatic rings. The Labute approximate surface area is 106 Å². The summed E-state index contributed by atoms with van der Waals surface area (Å²) in [5, 5.41) is 3.17. The van der Waals surface area contributed by atoms with Crippen molar-refractivity contribution in [2.75, 3.05) is 18.1 Å². The van der Waals surface area contributed by atoms with Crippen molar-refractivity contribution in [1.29, 1.82) is 0 Å². The van der Waals surface area contributed by atoms with E-state index in [1.165, 1.54) is 10.8 Å². The second kappa shape index (κ2) is 5.19. The van der Waals surface area contributed by atoms with Crippen LogP contribution in [0.2, 0.25) is 0 Å². The fourth-order valence-corrected chi connectivity index (χ4v) is 3.78. The highest BCUT2D eigenvalue weighted by Crippen LogP contribution is 2.10. The summed E-state index contributed by atoms with van der Waals surface area (Å²) in [4.78, 5) is 15.2. The first-order valence-electron chi connectivity index (χ1n) is 5.93. The lowest BCUT2D eigenvalue weighted by Crippen LogP contribution is -2.35. The zero-order chi connectivity index (χ0) is 13.2. The third-order valence-electron chi connectivity index (χ3n) is 3.00. The van der Waals surface area contributed by atoms with Crippen molar-refractivity contribution in [1.82, 2.24) is 14.9 Å². The molecule has 1 aromatic heterocycles. The first-order valence-corrected chi connectivity index (χ1v) is 7.75. The van der Waals surface area contributed by atoms with Crippen LogP contribution in [-0.2, 0) is 16.4 Å². The molecule has 7 heteroatoms. The topological polar surface area (TPSA) is 81.1 Å². The second-order valence-corrected chi connectivity index (χ2v) is 6.89. The van der Waals surface area contributed by atoms with Crippen LogP contribution in [0.5, 0.6) is 0 Å². The first kappa shape index (κ1) is 13.2. The van der Waals surface area contributed by atoms with Crippen LogP contribution in [0.25, 0.3) is 0 Å². The lowest BCUT2D eigenvalue weighted by atomic mass is 10.2. The lowest BCUT2D eigenvalue weighted by molar-refractivity contribution is 0.509. The zero-order valence-corrected chi connectivity index (χ0v) is 11.1. The Balaban J connectivity index is 1.86. The quantitative estimate of drug-likeness (QED) is 0.785. The highest BCUT2D eigenvalue weighted by atomic mass is 32.2. The predicted molar refractivity (Wildman–Crippen MR) is 68.3 cm³/mol. The molecule has 1 atom stereocenters. The Morgan fingerprint density at radius 3 is 3.00 bits per heavy atom. The number of hydrogen-bond donors (Lipinski definition) is 1. The Kier molecular flexibility index (Phi) is 3.82. The molecule has 0 amide bonds. The summed E-state index contributed by atoms with van der Waals surface area (Å²) in [5.41, 5.74) is 0.652. The predicted octanol–water partition coefficient (Wildman–Crippen LogP) is -0.672. The van der Waals surface area contributed by atoms with E-state index in [0.717, 1.165) is 5.56 Å². The number of sulfone groups is 1. The van der Waals surface area contributed by atoms with Gasteiger partial charge < -0.3 is 5.32 Å². The Morgan fingerprint density at radius 1 is 1.56 bits per heavy atom. The van der Waals surface area contributed by atoms with Gasteiger partial charge in [-0.05, 0) is 18.9 Å². The van der Waals surface area contributed by atoms with E-state index in [2.05, 4.69) is 10.3 Å². The number of nitrogens with one attached hydrogen (secondary N) is 1. The van der Waals surface area contributed by atoms with Gasteiger partial charge in [0.25, 0.3) is 0 Å². The van der Waals surface area contributed by atoms with Gasteiger partial charge in [0.15, 0.2) is 9.84 Å². The molecule has 100 valence electrons. The van der Waals surface area contributed by atoms with Crippen LogP contribution >= 0.6 is 0 Å². The standard InChI is InChI=1S/C11H17N3O3S/c1-9-6-13-11(15)14(7-9)4-3-12-10-2-5-18(16,17)8-10/h6-7,10,12H,2-5,8H2,1H3. The largest absolute Gasteiger partial charge is 0.347 e. The van der Waals surface area contributed by atoms with Crippen molar-refractivity contribution in [2.45, 2.75) is 25.9 Å². The molecular formula is C11H17N3O3S. The molecule has 1 aliphatic heterocycles. The summed E-state index contributed by atoms with van der Waals surface area (Å²) < 4.78 is 24.1. The average Bonchev–Trinajstić information content (AvgIpc) is 2.63. The van der Waals surface area contributed by atoms with Crippen LogP contribution in [0, 0.1) is 6.92 Å². The van der Waals surface area contributed by atoms with Crippen molar-refractivity contribution in [3.05, 3.63) is 28.4 Å². The van der Waals surface area contributed by atoms with Crippen molar-refractivity contribution in [2.24, 2.45) is 0 Å². The molecule has 6 nitrogen and oxygen atoms in total. The van der Waals surface area contributed by atoms with Crippen molar-refractivity contribution >= 4 is 9.84 Å². The molecule has 0 spiro atoms. The van der Waals surface area contributed by atoms with Gasteiger partial charge in [0.2, 0.25) is 0 Å². The van der Waals surface area contributed by atoms with E-state index in [-0.39, 0.29) is 23.2 Å². The molecule has 2 rings (SSSR count). The summed E-state index contributed by atoms with van der Waals surface area (Å²) in [5.74, 6) is 0.463. The fraction of sp³-hybridized carbons (Fsp3) is 0.636. The molecule has 1 N–H and O–H groups in total. The maximum atomic E-state index is 11.4. The van der Waals surface area contributed by atoms with Gasteiger partial charge in [0.1, 0.15) is 0 Å². The molecule has 1 unspecified atom stereocenters. The molecule has 0 radical (unpaired) electrons. The van der Waals surface area contributed by atoms with Crippen LogP contribution in [0.1, 0.15) is 12.0 Å². The lowest BCUT2D eigenvalue weighted by Gasteiger charge is -2.11. The minimum atomic E-state index is -2.85. The van der Waals surface area contributed by atoms with Crippen molar-refractivity contribution in [3.63, 3.8) is 0 Å². The van der Waals surface area contributed by atoms with Crippen LogP contribution in [0.3, 0.4) is 0 Å². The molecule has 18 heavy (non-hydrogen) atoms. The molecule has 1 aliphatic rings. The number of hydrogen-bond acceptors (Lipinski definition) is 5. The molecule has 1 saturated heterocycles. The Morgan fingerprint density at radius 2 is 2.33 bits per heavy atom. The molecule has 0 aliphatic carbocycles. The maximum absolute atomic E-state index is 11.4. The van der Waals surface area contributed by atoms with Gasteiger partial charge in [0.05, 0.1) is 11.5 Å². The zero-order valence-electron chi connectivity index (χ0n) is 10.3. The van der Waals surface area contributed by atoms with Crippen LogP contribution in [0.15, 0.2) is 17.2 Å². The highest BCUT2D eigenvalue weighted by molar-refractivity contribution is 7.91. The summed E-state index contributed by atoms with van der Waals surface area (Å²) in [6.07, 6.45) is 3.95. The smallest absolute Gasteiger partial charge is 0.311 e. The van der Waals surface area contributed by atoms with Gasteiger partial charge in [-0.2, -0.15) is 0 Å². The Hall–Kier alpha value is -1.21. The molecule has 0 bridgehead atoms. The SMILES string of the molecule is Cc1cnc(=O)n(CCNC2CCS(=O)(=O)C2)c1. The van der Waals surface area contributed by atoms with E-state index in [9.17, 15) is 13.2 Å². The second-order valence-electron chi connectivity index (χ2n) is 4.66. The van der Waals surface area contributed by atoms with Gasteiger partial charge in [0, 0.05) is 31.5 Å². The average molecular weight is 271 g/mol. The van der Waals surface area contributed by atoms with E-state index in [1.54, 1.807) is 6.20 Å². The normalized spacial score (nSPS) is 22.2. The maximum Gasteiger partial charge on any atom is 0.347 e. The third-order valence-corrected chi connectivity index (χ3v) is 4.77. The highest BCUT2D eigenvalue weighted by Gasteiger charge is 2.26. The monoisotopic (exact) mass is 271 g/mol. The summed E-state index contributed by atoms with van der Waals surface area (Å²) in [6.45, 7) is 2.95. The van der Waals surface area contributed by atoms with E-state index in [4.69, 9.17) is 0 Å². The minimum absolute atomic E-state index is 0.0171. The van der Waals surface area contributed by atoms with Crippen molar-refractivity contribution < 1.29 is 8.42 Å². The van der Waals surface area contributed by atoms with Crippen LogP contribution in [0.4, 0.5) is 0 Å². The summed E-state index contributed by atoms with van der Waals surface area (Å²) >= 11 is 0. The summed E-state index contributed by atoms with van der Waals surface area (Å²) in [7, 11) is -2.85. The van der Waals surface area contributed by atoms with Crippen LogP contribution < -0.4 is 11.0 Å². The van der Waals surface area contributed by atoms with Gasteiger partial charge in [-0.25, -0.2) is 18.2 Å². The fourth-order valence-electron chi connectivity index (χ4n) is 2.07. The molecular weight excluding hydrogens is 254 g/mol. The van der Waals surface area contributed by atoms with E-state index in [1.807, 2.05) is 6.92 Å². The third kappa shape index (κ3) is 3.39. The summed E-state index contributed by atoms with van der Waals surface area (Å²) in [6, 6.07) is 0.0171. The first-order chi connectivity index (χ1) is 8.46. The Bertz CT molecular complexity index is 579. The molecule has 1 fully saturated rings. The number of rotatable bonds is 4. The molecule has 0 aromatic carbocycles.